The Hall–Kier alpha value is -3.75. The van der Waals surface area contributed by atoms with Crippen molar-refractivity contribution in [3.8, 4) is 22.9 Å². The van der Waals surface area contributed by atoms with E-state index in [2.05, 4.69) is 20.4 Å². The third kappa shape index (κ3) is 4.93. The smallest absolute Gasteiger partial charge is 0.249 e. The number of carbonyl (C=O) groups excluding carboxylic acids is 2. The highest BCUT2D eigenvalue weighted by molar-refractivity contribution is 5.98. The average Bonchev–Trinajstić information content (AvgIpc) is 3.31. The topological polar surface area (TPSA) is 116 Å². The van der Waals surface area contributed by atoms with Crippen molar-refractivity contribution < 1.29 is 23.6 Å². The standard InChI is InChI=1S/C23H24N4O5/c1-14(2)21(23-26-22(27-32-23)16-4-3-9-24-13-16)25-20(29)8-6-17(28)15-5-7-18-19(12-15)31-11-10-30-18/h3-5,7,9,12-14,21H,6,8,10-11H2,1-2H3,(H,25,29). The summed E-state index contributed by atoms with van der Waals surface area (Å²) in [4.78, 5) is 33.6. The Morgan fingerprint density at radius 1 is 1.09 bits per heavy atom. The molecule has 32 heavy (non-hydrogen) atoms. The molecular weight excluding hydrogens is 412 g/mol. The van der Waals surface area contributed by atoms with Gasteiger partial charge in [0.25, 0.3) is 0 Å². The van der Waals surface area contributed by atoms with Gasteiger partial charge in [0.2, 0.25) is 17.6 Å². The van der Waals surface area contributed by atoms with E-state index in [9.17, 15) is 9.59 Å². The monoisotopic (exact) mass is 436 g/mol. The van der Waals surface area contributed by atoms with E-state index in [1.807, 2.05) is 19.9 Å². The lowest BCUT2D eigenvalue weighted by Crippen LogP contribution is -2.32. The van der Waals surface area contributed by atoms with E-state index in [1.165, 1.54) is 0 Å². The van der Waals surface area contributed by atoms with Crippen LogP contribution in [0.15, 0.2) is 47.2 Å². The molecule has 1 amide bonds. The van der Waals surface area contributed by atoms with Crippen LogP contribution in [0.3, 0.4) is 0 Å². The van der Waals surface area contributed by atoms with Crippen LogP contribution in [0.4, 0.5) is 0 Å². The maximum Gasteiger partial charge on any atom is 0.249 e. The molecule has 0 spiro atoms. The van der Waals surface area contributed by atoms with Crippen LogP contribution in [-0.2, 0) is 4.79 Å². The third-order valence-corrected chi connectivity index (χ3v) is 5.05. The molecule has 0 aliphatic carbocycles. The third-order valence-electron chi connectivity index (χ3n) is 5.05. The first-order valence-electron chi connectivity index (χ1n) is 10.5. The number of rotatable bonds is 8. The molecule has 1 N–H and O–H groups in total. The van der Waals surface area contributed by atoms with Gasteiger partial charge in [-0.15, -0.1) is 0 Å². The fourth-order valence-corrected chi connectivity index (χ4v) is 3.32. The number of nitrogens with zero attached hydrogens (tertiary/aromatic N) is 3. The molecule has 0 saturated heterocycles. The summed E-state index contributed by atoms with van der Waals surface area (Å²) in [6.07, 6.45) is 3.41. The molecule has 1 unspecified atom stereocenters. The van der Waals surface area contributed by atoms with Crippen LogP contribution in [0.1, 0.15) is 49.0 Å². The molecule has 2 aromatic heterocycles. The predicted octanol–water partition coefficient (Wildman–Crippen LogP) is 3.38. The van der Waals surface area contributed by atoms with Crippen LogP contribution < -0.4 is 14.8 Å². The van der Waals surface area contributed by atoms with E-state index >= 15 is 0 Å². The van der Waals surface area contributed by atoms with Crippen molar-refractivity contribution in [2.45, 2.75) is 32.7 Å². The van der Waals surface area contributed by atoms with Crippen molar-refractivity contribution in [3.05, 3.63) is 54.2 Å². The molecule has 9 heteroatoms. The molecule has 166 valence electrons. The number of pyridine rings is 1. The van der Waals surface area contributed by atoms with Crippen LogP contribution in [0.2, 0.25) is 0 Å². The number of amides is 1. The first-order chi connectivity index (χ1) is 15.5. The van der Waals surface area contributed by atoms with Crippen molar-refractivity contribution in [1.82, 2.24) is 20.4 Å². The molecule has 0 saturated carbocycles. The van der Waals surface area contributed by atoms with Crippen LogP contribution in [-0.4, -0.2) is 40.0 Å². The number of Topliss-reactive ketones (excluding diaryl/α,β-unsaturated/α-hetero) is 1. The van der Waals surface area contributed by atoms with Crippen molar-refractivity contribution in [2.75, 3.05) is 13.2 Å². The van der Waals surface area contributed by atoms with Crippen LogP contribution in [0.5, 0.6) is 11.5 Å². The van der Waals surface area contributed by atoms with Crippen LogP contribution in [0.25, 0.3) is 11.4 Å². The zero-order valence-electron chi connectivity index (χ0n) is 17.9. The Bertz CT molecular complexity index is 1100. The second kappa shape index (κ2) is 9.59. The molecule has 0 bridgehead atoms. The number of ketones is 1. The van der Waals surface area contributed by atoms with Gasteiger partial charge in [0.05, 0.1) is 0 Å². The van der Waals surface area contributed by atoms with Gasteiger partial charge in [-0.25, -0.2) is 0 Å². The summed E-state index contributed by atoms with van der Waals surface area (Å²) < 4.78 is 16.4. The van der Waals surface area contributed by atoms with E-state index in [0.29, 0.717) is 42.0 Å². The Morgan fingerprint density at radius 3 is 2.66 bits per heavy atom. The lowest BCUT2D eigenvalue weighted by molar-refractivity contribution is -0.122. The van der Waals surface area contributed by atoms with E-state index in [-0.39, 0.29) is 30.4 Å². The second-order valence-corrected chi connectivity index (χ2v) is 7.77. The van der Waals surface area contributed by atoms with Gasteiger partial charge in [0, 0.05) is 36.4 Å². The van der Waals surface area contributed by atoms with E-state index in [0.717, 1.165) is 5.56 Å². The summed E-state index contributed by atoms with van der Waals surface area (Å²) in [6.45, 7) is 4.82. The highest BCUT2D eigenvalue weighted by atomic mass is 16.6. The Kier molecular flexibility index (Phi) is 6.44. The number of nitrogens with one attached hydrogen (secondary N) is 1. The number of benzene rings is 1. The normalized spacial score (nSPS) is 13.6. The number of carbonyl (C=O) groups is 2. The lowest BCUT2D eigenvalue weighted by atomic mass is 10.0. The zero-order chi connectivity index (χ0) is 22.5. The highest BCUT2D eigenvalue weighted by Crippen LogP contribution is 2.31. The van der Waals surface area contributed by atoms with Gasteiger partial charge >= 0.3 is 0 Å². The van der Waals surface area contributed by atoms with Gasteiger partial charge in [0.1, 0.15) is 19.3 Å². The first-order valence-corrected chi connectivity index (χ1v) is 10.5. The highest BCUT2D eigenvalue weighted by Gasteiger charge is 2.25. The Labute approximate surface area is 185 Å². The number of ether oxygens (including phenoxy) is 2. The minimum Gasteiger partial charge on any atom is -0.486 e. The maximum atomic E-state index is 12.6. The largest absolute Gasteiger partial charge is 0.486 e. The predicted molar refractivity (Wildman–Crippen MR) is 114 cm³/mol. The maximum absolute atomic E-state index is 12.6. The van der Waals surface area contributed by atoms with Crippen molar-refractivity contribution >= 4 is 11.7 Å². The van der Waals surface area contributed by atoms with Gasteiger partial charge in [-0.2, -0.15) is 4.98 Å². The summed E-state index contributed by atoms with van der Waals surface area (Å²) in [5, 5.41) is 6.90. The molecule has 1 aromatic carbocycles. The number of hydrogen-bond acceptors (Lipinski definition) is 8. The van der Waals surface area contributed by atoms with Gasteiger partial charge < -0.3 is 19.3 Å². The summed E-state index contributed by atoms with van der Waals surface area (Å²) in [5.41, 5.74) is 1.21. The van der Waals surface area contributed by atoms with Gasteiger partial charge in [-0.3, -0.25) is 14.6 Å². The van der Waals surface area contributed by atoms with Gasteiger partial charge in [0.15, 0.2) is 17.3 Å². The molecule has 9 nitrogen and oxygen atoms in total. The molecule has 3 aromatic rings. The van der Waals surface area contributed by atoms with Crippen LogP contribution in [0, 0.1) is 5.92 Å². The summed E-state index contributed by atoms with van der Waals surface area (Å²) in [7, 11) is 0. The number of fused-ring (bicyclic) bond motifs is 1. The fourth-order valence-electron chi connectivity index (χ4n) is 3.32. The molecule has 0 fully saturated rings. The summed E-state index contributed by atoms with van der Waals surface area (Å²) in [5.74, 6) is 1.48. The Balaban J connectivity index is 1.36. The fraction of sp³-hybridized carbons (Fsp3) is 0.348. The second-order valence-electron chi connectivity index (χ2n) is 7.77. The van der Waals surface area contributed by atoms with Gasteiger partial charge in [-0.1, -0.05) is 19.0 Å². The minimum atomic E-state index is -0.468. The molecule has 4 rings (SSSR count). The quantitative estimate of drug-likeness (QED) is 0.534. The van der Waals surface area contributed by atoms with Gasteiger partial charge in [-0.05, 0) is 36.2 Å². The van der Waals surface area contributed by atoms with E-state index < -0.39 is 6.04 Å². The van der Waals surface area contributed by atoms with Crippen molar-refractivity contribution in [2.24, 2.45) is 5.92 Å². The summed E-state index contributed by atoms with van der Waals surface area (Å²) in [6, 6.07) is 8.20. The van der Waals surface area contributed by atoms with Crippen molar-refractivity contribution in [1.29, 1.82) is 0 Å². The molecule has 3 heterocycles. The SMILES string of the molecule is CC(C)C(NC(=O)CCC(=O)c1ccc2c(c1)OCCO2)c1nc(-c2cccnc2)no1. The Morgan fingerprint density at radius 2 is 1.91 bits per heavy atom. The molecule has 1 atom stereocenters. The number of hydrogen-bond donors (Lipinski definition) is 1. The van der Waals surface area contributed by atoms with E-state index in [4.69, 9.17) is 14.0 Å². The summed E-state index contributed by atoms with van der Waals surface area (Å²) >= 11 is 0. The molecule has 1 aliphatic rings. The van der Waals surface area contributed by atoms with Crippen LogP contribution >= 0.6 is 0 Å². The first kappa shape index (κ1) is 21.5. The average molecular weight is 436 g/mol. The lowest BCUT2D eigenvalue weighted by Gasteiger charge is -2.19. The van der Waals surface area contributed by atoms with E-state index in [1.54, 1.807) is 36.7 Å². The zero-order valence-corrected chi connectivity index (χ0v) is 17.9. The van der Waals surface area contributed by atoms with Crippen molar-refractivity contribution in [3.63, 3.8) is 0 Å². The molecule has 0 radical (unpaired) electrons. The minimum absolute atomic E-state index is 0.00893. The molecule has 1 aliphatic heterocycles. The molecular formula is C23H24N4O5. The number of aromatic nitrogens is 3.